The number of Topliss-reactive ketones (excluding diaryl/α,β-unsaturated/α-hetero) is 1. The fourth-order valence-corrected chi connectivity index (χ4v) is 2.56. The van der Waals surface area contributed by atoms with Gasteiger partial charge in [-0.25, -0.2) is 0 Å². The molecular weight excluding hydrogens is 264 g/mol. The molecule has 0 radical (unpaired) electrons. The van der Waals surface area contributed by atoms with Crippen molar-refractivity contribution in [1.82, 2.24) is 0 Å². The second kappa shape index (κ2) is 4.74. The quantitative estimate of drug-likeness (QED) is 0.794. The van der Waals surface area contributed by atoms with Gasteiger partial charge >= 0.3 is 0 Å². The minimum absolute atomic E-state index is 0.433. The summed E-state index contributed by atoms with van der Waals surface area (Å²) in [6, 6.07) is 13.6. The Balaban J connectivity index is 2.02. The topological polar surface area (TPSA) is 40.6 Å². The average Bonchev–Trinajstić information content (AvgIpc) is 2.71. The summed E-state index contributed by atoms with van der Waals surface area (Å²) in [4.78, 5) is 27.0. The van der Waals surface area contributed by atoms with Crippen molar-refractivity contribution < 1.29 is 9.59 Å². The largest absolute Gasteiger partial charge is 0.345 e. The van der Waals surface area contributed by atoms with E-state index in [1.165, 1.54) is 10.5 Å². The van der Waals surface area contributed by atoms with Gasteiger partial charge in [0.2, 0.25) is 0 Å². The van der Waals surface area contributed by atoms with Gasteiger partial charge in [-0.05, 0) is 42.8 Å². The third-order valence-electron chi connectivity index (χ3n) is 3.86. The lowest BCUT2D eigenvalue weighted by atomic mass is 10.1. The molecule has 0 unspecified atom stereocenters. The van der Waals surface area contributed by atoms with Gasteiger partial charge in [-0.2, -0.15) is 0 Å². The number of nitrogens with zero attached hydrogens (tertiary/aromatic N) is 2. The Morgan fingerprint density at radius 3 is 2.43 bits per heavy atom. The number of ketones is 1. The van der Waals surface area contributed by atoms with Crippen LogP contribution < -0.4 is 9.80 Å². The lowest BCUT2D eigenvalue weighted by molar-refractivity contribution is -0.114. The molecule has 4 nitrogen and oxygen atoms in total. The van der Waals surface area contributed by atoms with Crippen LogP contribution in [0.4, 0.5) is 17.1 Å². The molecular formula is C17H16N2O2. The van der Waals surface area contributed by atoms with Crippen LogP contribution in [0.3, 0.4) is 0 Å². The van der Waals surface area contributed by atoms with E-state index >= 15 is 0 Å². The highest BCUT2D eigenvalue weighted by molar-refractivity contribution is 6.52. The molecule has 0 N–H and O–H groups in total. The maximum absolute atomic E-state index is 11.8. The van der Waals surface area contributed by atoms with Crippen LogP contribution in [0.15, 0.2) is 42.5 Å². The zero-order valence-electron chi connectivity index (χ0n) is 12.3. The number of likely N-dealkylation sites (N-methyl/N-ethyl adjacent to an activating group) is 1. The number of rotatable bonds is 2. The van der Waals surface area contributed by atoms with E-state index in [-0.39, 0.29) is 0 Å². The van der Waals surface area contributed by atoms with Crippen LogP contribution in [0.5, 0.6) is 0 Å². The Labute approximate surface area is 123 Å². The number of anilines is 3. The lowest BCUT2D eigenvalue weighted by Crippen LogP contribution is -2.24. The molecule has 0 saturated heterocycles. The molecule has 0 bridgehead atoms. The molecule has 2 aromatic carbocycles. The van der Waals surface area contributed by atoms with Gasteiger partial charge < -0.3 is 9.80 Å². The molecule has 1 heterocycles. The van der Waals surface area contributed by atoms with Crippen molar-refractivity contribution in [3.05, 3.63) is 53.6 Å². The molecule has 0 atom stereocenters. The van der Waals surface area contributed by atoms with Crippen molar-refractivity contribution >= 4 is 28.8 Å². The maximum Gasteiger partial charge on any atom is 0.299 e. The average molecular weight is 280 g/mol. The van der Waals surface area contributed by atoms with Gasteiger partial charge in [0.05, 0.1) is 11.3 Å². The van der Waals surface area contributed by atoms with E-state index in [2.05, 4.69) is 6.07 Å². The van der Waals surface area contributed by atoms with Gasteiger partial charge in [0.25, 0.3) is 11.7 Å². The van der Waals surface area contributed by atoms with Gasteiger partial charge in [-0.1, -0.05) is 12.1 Å². The summed E-state index contributed by atoms with van der Waals surface area (Å²) in [6.45, 7) is 2.05. The first-order valence-electron chi connectivity index (χ1n) is 6.76. The summed E-state index contributed by atoms with van der Waals surface area (Å²) in [7, 11) is 3.59. The molecule has 1 amide bonds. The molecule has 4 heteroatoms. The monoisotopic (exact) mass is 280 g/mol. The minimum atomic E-state index is -0.472. The number of amides is 1. The first-order valence-corrected chi connectivity index (χ1v) is 6.76. The molecule has 1 aliphatic heterocycles. The van der Waals surface area contributed by atoms with Crippen LogP contribution in [-0.4, -0.2) is 25.8 Å². The van der Waals surface area contributed by atoms with Crippen molar-refractivity contribution in [1.29, 1.82) is 0 Å². The molecule has 0 spiro atoms. The standard InChI is InChI=1S/C17H16N2O2/c1-11-5-4-6-12(9-11)18(2)13-7-8-14-15(10-13)19(3)17(21)16(14)20/h4-10H,1-3H3. The summed E-state index contributed by atoms with van der Waals surface area (Å²) < 4.78 is 0. The SMILES string of the molecule is Cc1cccc(N(C)c2ccc3c(c2)N(C)C(=O)C3=O)c1. The number of hydrogen-bond donors (Lipinski definition) is 0. The van der Waals surface area contributed by atoms with E-state index in [0.29, 0.717) is 11.3 Å². The number of fused-ring (bicyclic) bond motifs is 1. The Kier molecular flexibility index (Phi) is 3.01. The van der Waals surface area contributed by atoms with Gasteiger partial charge in [0.15, 0.2) is 0 Å². The Morgan fingerprint density at radius 1 is 1.00 bits per heavy atom. The summed E-state index contributed by atoms with van der Waals surface area (Å²) in [5, 5.41) is 0. The number of aryl methyl sites for hydroxylation is 1. The van der Waals surface area contributed by atoms with E-state index in [9.17, 15) is 9.59 Å². The zero-order chi connectivity index (χ0) is 15.1. The summed E-state index contributed by atoms with van der Waals surface area (Å²) in [5.41, 5.74) is 4.33. The third-order valence-corrected chi connectivity index (χ3v) is 3.86. The maximum atomic E-state index is 11.8. The molecule has 3 rings (SSSR count). The lowest BCUT2D eigenvalue weighted by Gasteiger charge is -2.21. The summed E-state index contributed by atoms with van der Waals surface area (Å²) >= 11 is 0. The number of benzene rings is 2. The number of hydrogen-bond acceptors (Lipinski definition) is 3. The highest BCUT2D eigenvalue weighted by Gasteiger charge is 2.33. The van der Waals surface area contributed by atoms with Crippen LogP contribution in [0.2, 0.25) is 0 Å². The Bertz CT molecular complexity index is 752. The number of carbonyl (C=O) groups excluding carboxylic acids is 2. The van der Waals surface area contributed by atoms with Crippen LogP contribution >= 0.6 is 0 Å². The van der Waals surface area contributed by atoms with Crippen molar-refractivity contribution in [2.75, 3.05) is 23.9 Å². The third kappa shape index (κ3) is 2.09. The molecule has 21 heavy (non-hydrogen) atoms. The van der Waals surface area contributed by atoms with E-state index in [0.717, 1.165) is 11.4 Å². The van der Waals surface area contributed by atoms with Crippen molar-refractivity contribution in [2.24, 2.45) is 0 Å². The molecule has 2 aromatic rings. The van der Waals surface area contributed by atoms with Gasteiger partial charge in [0.1, 0.15) is 0 Å². The smallest absolute Gasteiger partial charge is 0.299 e. The minimum Gasteiger partial charge on any atom is -0.345 e. The van der Waals surface area contributed by atoms with E-state index in [4.69, 9.17) is 0 Å². The summed E-state index contributed by atoms with van der Waals surface area (Å²) in [6.07, 6.45) is 0. The second-order valence-electron chi connectivity index (χ2n) is 5.29. The summed E-state index contributed by atoms with van der Waals surface area (Å²) in [5.74, 6) is -0.905. The second-order valence-corrected chi connectivity index (χ2v) is 5.29. The predicted octanol–water partition coefficient (Wildman–Crippen LogP) is 2.92. The molecule has 1 aliphatic rings. The fraction of sp³-hybridized carbons (Fsp3) is 0.176. The van der Waals surface area contributed by atoms with Crippen LogP contribution in [-0.2, 0) is 4.79 Å². The normalized spacial score (nSPS) is 13.6. The predicted molar refractivity (Wildman–Crippen MR) is 83.4 cm³/mol. The Hall–Kier alpha value is -2.62. The molecule has 0 fully saturated rings. The van der Waals surface area contributed by atoms with Gasteiger partial charge in [-0.15, -0.1) is 0 Å². The van der Waals surface area contributed by atoms with E-state index in [1.54, 1.807) is 13.1 Å². The molecule has 106 valence electrons. The van der Waals surface area contributed by atoms with Gasteiger partial charge in [-0.3, -0.25) is 9.59 Å². The van der Waals surface area contributed by atoms with Crippen molar-refractivity contribution in [3.63, 3.8) is 0 Å². The van der Waals surface area contributed by atoms with Crippen LogP contribution in [0.1, 0.15) is 15.9 Å². The van der Waals surface area contributed by atoms with Crippen molar-refractivity contribution in [3.8, 4) is 0 Å². The first-order chi connectivity index (χ1) is 9.99. The Morgan fingerprint density at radius 2 is 1.71 bits per heavy atom. The molecule has 0 aromatic heterocycles. The highest BCUT2D eigenvalue weighted by atomic mass is 16.2. The molecule has 0 aliphatic carbocycles. The fourth-order valence-electron chi connectivity index (χ4n) is 2.56. The number of carbonyl (C=O) groups is 2. The zero-order valence-corrected chi connectivity index (χ0v) is 12.3. The van der Waals surface area contributed by atoms with E-state index < -0.39 is 11.7 Å². The highest BCUT2D eigenvalue weighted by Crippen LogP contribution is 2.33. The van der Waals surface area contributed by atoms with Gasteiger partial charge in [0, 0.05) is 25.5 Å². The van der Waals surface area contributed by atoms with Crippen LogP contribution in [0, 0.1) is 6.92 Å². The van der Waals surface area contributed by atoms with E-state index in [1.807, 2.05) is 49.2 Å². The van der Waals surface area contributed by atoms with Crippen LogP contribution in [0.25, 0.3) is 0 Å². The molecule has 0 saturated carbocycles. The van der Waals surface area contributed by atoms with Crippen molar-refractivity contribution in [2.45, 2.75) is 6.92 Å². The first kappa shape index (κ1) is 13.4.